The summed E-state index contributed by atoms with van der Waals surface area (Å²) in [7, 11) is 0. The van der Waals surface area contributed by atoms with Crippen LogP contribution in [0.2, 0.25) is 0 Å². The molecule has 1 heterocycles. The molecule has 0 radical (unpaired) electrons. The van der Waals surface area contributed by atoms with Crippen LogP contribution < -0.4 is 5.32 Å². The van der Waals surface area contributed by atoms with Crippen LogP contribution in [0.3, 0.4) is 0 Å². The first-order valence-corrected chi connectivity index (χ1v) is 7.14. The van der Waals surface area contributed by atoms with Crippen molar-refractivity contribution in [3.05, 3.63) is 0 Å². The molecule has 0 spiro atoms. The minimum absolute atomic E-state index is 0.152. The molecule has 0 aliphatic carbocycles. The zero-order valence-corrected chi connectivity index (χ0v) is 12.2. The number of ether oxygens (including phenoxy) is 1. The van der Waals surface area contributed by atoms with Crippen molar-refractivity contribution < 1.29 is 9.53 Å². The van der Waals surface area contributed by atoms with Crippen LogP contribution in [0.25, 0.3) is 0 Å². The molecule has 0 aromatic heterocycles. The van der Waals surface area contributed by atoms with E-state index in [1.54, 1.807) is 0 Å². The summed E-state index contributed by atoms with van der Waals surface area (Å²) in [5.74, 6) is 1.04. The van der Waals surface area contributed by atoms with Crippen molar-refractivity contribution in [2.45, 2.75) is 46.6 Å². The summed E-state index contributed by atoms with van der Waals surface area (Å²) in [5.41, 5.74) is 0. The van der Waals surface area contributed by atoms with E-state index in [9.17, 15) is 4.79 Å². The van der Waals surface area contributed by atoms with Gasteiger partial charge in [0.05, 0.1) is 6.61 Å². The standard InChI is InChI=1S/C14H28N2O2/c1-11(2)8-13-9-16(7-5-6-15-13)14(17)18-10-12(3)4/h11-13,15H,5-10H2,1-4H3. The zero-order chi connectivity index (χ0) is 13.5. The first kappa shape index (κ1) is 15.3. The minimum atomic E-state index is -0.152. The Morgan fingerprint density at radius 2 is 2.06 bits per heavy atom. The molecule has 106 valence electrons. The summed E-state index contributed by atoms with van der Waals surface area (Å²) < 4.78 is 5.31. The van der Waals surface area contributed by atoms with Crippen molar-refractivity contribution in [2.24, 2.45) is 11.8 Å². The molecule has 1 fully saturated rings. The van der Waals surface area contributed by atoms with Crippen LogP contribution >= 0.6 is 0 Å². The molecule has 4 nitrogen and oxygen atoms in total. The van der Waals surface area contributed by atoms with Gasteiger partial charge in [0, 0.05) is 19.1 Å². The second-order valence-corrected chi connectivity index (χ2v) is 6.05. The van der Waals surface area contributed by atoms with Gasteiger partial charge in [0.15, 0.2) is 0 Å². The molecule has 1 aliphatic rings. The maximum atomic E-state index is 12.0. The Balaban J connectivity index is 2.45. The van der Waals surface area contributed by atoms with E-state index >= 15 is 0 Å². The quantitative estimate of drug-likeness (QED) is 0.840. The van der Waals surface area contributed by atoms with E-state index < -0.39 is 0 Å². The monoisotopic (exact) mass is 256 g/mol. The minimum Gasteiger partial charge on any atom is -0.449 e. The fraction of sp³-hybridized carbons (Fsp3) is 0.929. The lowest BCUT2D eigenvalue weighted by atomic mass is 10.0. The van der Waals surface area contributed by atoms with E-state index in [1.165, 1.54) is 0 Å². The normalized spacial score (nSPS) is 21.2. The van der Waals surface area contributed by atoms with E-state index in [4.69, 9.17) is 4.74 Å². The van der Waals surface area contributed by atoms with Crippen molar-refractivity contribution in [3.63, 3.8) is 0 Å². The maximum Gasteiger partial charge on any atom is 0.409 e. The lowest BCUT2D eigenvalue weighted by molar-refractivity contribution is 0.0907. The molecule has 0 bridgehead atoms. The van der Waals surface area contributed by atoms with Crippen molar-refractivity contribution in [1.29, 1.82) is 0 Å². The van der Waals surface area contributed by atoms with E-state index in [0.717, 1.165) is 32.5 Å². The van der Waals surface area contributed by atoms with Gasteiger partial charge >= 0.3 is 6.09 Å². The molecule has 4 heteroatoms. The summed E-state index contributed by atoms with van der Waals surface area (Å²) >= 11 is 0. The highest BCUT2D eigenvalue weighted by atomic mass is 16.6. The summed E-state index contributed by atoms with van der Waals surface area (Å²) in [6, 6.07) is 0.402. The zero-order valence-electron chi connectivity index (χ0n) is 12.2. The third-order valence-electron chi connectivity index (χ3n) is 3.03. The summed E-state index contributed by atoms with van der Waals surface area (Å²) in [6.45, 7) is 11.6. The summed E-state index contributed by atoms with van der Waals surface area (Å²) in [5, 5.41) is 3.51. The van der Waals surface area contributed by atoms with Gasteiger partial charge in [-0.1, -0.05) is 27.7 Å². The van der Waals surface area contributed by atoms with Gasteiger partial charge in [0.25, 0.3) is 0 Å². The van der Waals surface area contributed by atoms with Crippen molar-refractivity contribution in [2.75, 3.05) is 26.2 Å². The number of nitrogens with one attached hydrogen (secondary N) is 1. The number of carbonyl (C=O) groups excluding carboxylic acids is 1. The Morgan fingerprint density at radius 3 is 2.67 bits per heavy atom. The molecule has 1 amide bonds. The van der Waals surface area contributed by atoms with E-state index in [-0.39, 0.29) is 6.09 Å². The molecule has 18 heavy (non-hydrogen) atoms. The van der Waals surface area contributed by atoms with E-state index in [0.29, 0.717) is 24.5 Å². The first-order chi connectivity index (χ1) is 8.49. The van der Waals surface area contributed by atoms with E-state index in [1.807, 2.05) is 4.90 Å². The van der Waals surface area contributed by atoms with Gasteiger partial charge < -0.3 is 15.0 Å². The number of hydrogen-bond acceptors (Lipinski definition) is 3. The highest BCUT2D eigenvalue weighted by Gasteiger charge is 2.23. The Hall–Kier alpha value is -0.770. The van der Waals surface area contributed by atoms with Crippen LogP contribution in [0.1, 0.15) is 40.5 Å². The molecule has 0 saturated carbocycles. The Bertz CT molecular complexity index is 254. The van der Waals surface area contributed by atoms with Gasteiger partial charge in [-0.3, -0.25) is 0 Å². The van der Waals surface area contributed by atoms with Crippen LogP contribution in [0.5, 0.6) is 0 Å². The topological polar surface area (TPSA) is 41.6 Å². The van der Waals surface area contributed by atoms with Gasteiger partial charge in [0.2, 0.25) is 0 Å². The summed E-state index contributed by atoms with van der Waals surface area (Å²) in [4.78, 5) is 13.8. The van der Waals surface area contributed by atoms with Crippen molar-refractivity contribution in [3.8, 4) is 0 Å². The average Bonchev–Trinajstić information content (AvgIpc) is 2.50. The van der Waals surface area contributed by atoms with Gasteiger partial charge in [-0.05, 0) is 31.2 Å². The smallest absolute Gasteiger partial charge is 0.409 e. The third kappa shape index (κ3) is 5.71. The third-order valence-corrected chi connectivity index (χ3v) is 3.03. The Kier molecular flexibility index (Phi) is 6.47. The number of carbonyl (C=O) groups is 1. The molecule has 1 atom stereocenters. The number of amides is 1. The molecule has 1 N–H and O–H groups in total. The lowest BCUT2D eigenvalue weighted by Crippen LogP contribution is -2.41. The Morgan fingerprint density at radius 1 is 1.33 bits per heavy atom. The first-order valence-electron chi connectivity index (χ1n) is 7.14. The molecule has 1 saturated heterocycles. The second-order valence-electron chi connectivity index (χ2n) is 6.05. The molecule has 1 unspecified atom stereocenters. The highest BCUT2D eigenvalue weighted by molar-refractivity contribution is 5.67. The van der Waals surface area contributed by atoms with Crippen LogP contribution in [-0.2, 0) is 4.74 Å². The average molecular weight is 256 g/mol. The van der Waals surface area contributed by atoms with Crippen molar-refractivity contribution >= 4 is 6.09 Å². The molecule has 1 aliphatic heterocycles. The van der Waals surface area contributed by atoms with Crippen LogP contribution in [0, 0.1) is 11.8 Å². The predicted octanol–water partition coefficient (Wildman–Crippen LogP) is 2.49. The Labute approximate surface area is 111 Å². The fourth-order valence-corrected chi connectivity index (χ4v) is 2.22. The molecule has 0 aromatic rings. The molecular formula is C14H28N2O2. The van der Waals surface area contributed by atoms with Crippen LogP contribution in [0.4, 0.5) is 4.79 Å². The SMILES string of the molecule is CC(C)COC(=O)N1CCCNC(CC(C)C)C1. The van der Waals surface area contributed by atoms with Crippen molar-refractivity contribution in [1.82, 2.24) is 10.2 Å². The van der Waals surface area contributed by atoms with Crippen LogP contribution in [0.15, 0.2) is 0 Å². The largest absolute Gasteiger partial charge is 0.449 e. The number of hydrogen-bond donors (Lipinski definition) is 1. The highest BCUT2D eigenvalue weighted by Crippen LogP contribution is 2.11. The summed E-state index contributed by atoms with van der Waals surface area (Å²) in [6.07, 6.45) is 1.96. The molecule has 0 aromatic carbocycles. The van der Waals surface area contributed by atoms with Crippen LogP contribution in [-0.4, -0.2) is 43.3 Å². The maximum absolute atomic E-state index is 12.0. The molecule has 1 rings (SSSR count). The molecular weight excluding hydrogens is 228 g/mol. The van der Waals surface area contributed by atoms with E-state index in [2.05, 4.69) is 33.0 Å². The number of nitrogens with zero attached hydrogens (tertiary/aromatic N) is 1. The van der Waals surface area contributed by atoms with Gasteiger partial charge in [-0.15, -0.1) is 0 Å². The predicted molar refractivity (Wildman–Crippen MR) is 73.6 cm³/mol. The second kappa shape index (κ2) is 7.62. The van der Waals surface area contributed by atoms with Gasteiger partial charge in [-0.2, -0.15) is 0 Å². The fourth-order valence-electron chi connectivity index (χ4n) is 2.22. The van der Waals surface area contributed by atoms with Gasteiger partial charge in [-0.25, -0.2) is 4.79 Å². The van der Waals surface area contributed by atoms with Gasteiger partial charge in [0.1, 0.15) is 0 Å². The lowest BCUT2D eigenvalue weighted by Gasteiger charge is -2.25. The number of rotatable bonds is 4.